The summed E-state index contributed by atoms with van der Waals surface area (Å²) in [5.41, 5.74) is 4.81. The summed E-state index contributed by atoms with van der Waals surface area (Å²) in [7, 11) is -1.30. The second-order valence-electron chi connectivity index (χ2n) is 10.2. The number of rotatable bonds is 8. The predicted molar refractivity (Wildman–Crippen MR) is 156 cm³/mol. The number of nitrogens with one attached hydrogen (secondary N) is 2. The number of amides is 2. The summed E-state index contributed by atoms with van der Waals surface area (Å²) in [6.07, 6.45) is 7.48. The van der Waals surface area contributed by atoms with Crippen LogP contribution in [-0.2, 0) is 27.2 Å². The third kappa shape index (κ3) is 6.42. The van der Waals surface area contributed by atoms with Gasteiger partial charge in [0.15, 0.2) is 12.4 Å². The van der Waals surface area contributed by atoms with E-state index < -0.39 is 28.9 Å². The van der Waals surface area contributed by atoms with Crippen molar-refractivity contribution in [1.29, 1.82) is 0 Å². The number of halogens is 2. The molecule has 41 heavy (non-hydrogen) atoms. The first-order valence-electron chi connectivity index (χ1n) is 13.3. The van der Waals surface area contributed by atoms with Crippen LogP contribution in [0.2, 0.25) is 10.0 Å². The van der Waals surface area contributed by atoms with E-state index in [2.05, 4.69) is 10.2 Å². The monoisotopic (exact) mass is 616 g/mol. The van der Waals surface area contributed by atoms with E-state index in [1.54, 1.807) is 65.8 Å². The fraction of sp³-hybridized carbons (Fsp3) is 0.345. The Labute approximate surface area is 250 Å². The van der Waals surface area contributed by atoms with Crippen LogP contribution >= 0.6 is 23.2 Å². The lowest BCUT2D eigenvalue weighted by Crippen LogP contribution is -2.58. The van der Waals surface area contributed by atoms with Crippen LogP contribution in [0.15, 0.2) is 67.0 Å². The number of pyridine rings is 1. The summed E-state index contributed by atoms with van der Waals surface area (Å²) in [5.74, 6) is -1.56. The molecule has 1 aromatic heterocycles. The van der Waals surface area contributed by atoms with Crippen molar-refractivity contribution in [3.63, 3.8) is 0 Å². The molecule has 2 aromatic carbocycles. The van der Waals surface area contributed by atoms with Crippen molar-refractivity contribution >= 4 is 46.0 Å². The molecule has 0 saturated heterocycles. The summed E-state index contributed by atoms with van der Waals surface area (Å²) in [4.78, 5) is 35.6. The van der Waals surface area contributed by atoms with Crippen molar-refractivity contribution in [2.24, 2.45) is 0 Å². The number of hydroxylamine groups is 1. The van der Waals surface area contributed by atoms with E-state index >= 15 is 0 Å². The third-order valence-corrected chi connectivity index (χ3v) is 8.82. The van der Waals surface area contributed by atoms with Crippen molar-refractivity contribution in [3.05, 3.63) is 104 Å². The van der Waals surface area contributed by atoms with Gasteiger partial charge >= 0.3 is 0 Å². The van der Waals surface area contributed by atoms with Gasteiger partial charge in [0.05, 0.1) is 22.9 Å². The highest BCUT2D eigenvalue weighted by atomic mass is 35.5. The Morgan fingerprint density at radius 3 is 2.56 bits per heavy atom. The van der Waals surface area contributed by atoms with Gasteiger partial charge in [-0.3, -0.25) is 14.4 Å². The number of hydrogen-bond acceptors (Lipinski definition) is 5. The second-order valence-corrected chi connectivity index (χ2v) is 12.2. The Balaban J connectivity index is 1.57. The van der Waals surface area contributed by atoms with Gasteiger partial charge in [-0.1, -0.05) is 60.3 Å². The Morgan fingerprint density at radius 1 is 1.10 bits per heavy atom. The molecule has 2 heterocycles. The highest BCUT2D eigenvalue weighted by Gasteiger charge is 2.49. The first kappa shape index (κ1) is 29.5. The predicted octanol–water partition coefficient (Wildman–Crippen LogP) is 4.35. The Kier molecular flexibility index (Phi) is 9.25. The summed E-state index contributed by atoms with van der Waals surface area (Å²) in [6.45, 7) is 0.0346. The fourth-order valence-corrected chi connectivity index (χ4v) is 7.08. The van der Waals surface area contributed by atoms with Gasteiger partial charge < -0.3 is 10.1 Å². The van der Waals surface area contributed by atoms with Gasteiger partial charge in [-0.2, -0.15) is 4.73 Å². The minimum atomic E-state index is -1.30. The Hall–Kier alpha value is -3.02. The first-order chi connectivity index (χ1) is 19.7. The first-order valence-corrected chi connectivity index (χ1v) is 15.6. The highest BCUT2D eigenvalue weighted by molar-refractivity contribution is 7.82. The summed E-state index contributed by atoms with van der Waals surface area (Å²) < 4.78 is 16.1. The van der Waals surface area contributed by atoms with Gasteiger partial charge in [-0.05, 0) is 47.7 Å². The van der Waals surface area contributed by atoms with Crippen LogP contribution < -0.4 is 14.9 Å². The molecule has 2 amide bonds. The van der Waals surface area contributed by atoms with Crippen LogP contribution in [0.25, 0.3) is 0 Å². The molecule has 5 rings (SSSR count). The molecule has 2 N–H and O–H groups in total. The quantitative estimate of drug-likeness (QED) is 0.222. The van der Waals surface area contributed by atoms with Crippen molar-refractivity contribution in [2.45, 2.75) is 56.3 Å². The SMILES string of the molecule is CS(=O)N[C@H]1CCCCC1N1C(=O)c2ccccc2[C@@H](C(=O)NOCc2cc[n+]([O-])cc2)[C@@H]1c1ccc(Cl)cc1Cl. The van der Waals surface area contributed by atoms with Gasteiger partial charge in [0.25, 0.3) is 11.8 Å². The summed E-state index contributed by atoms with van der Waals surface area (Å²) >= 11 is 13.0. The van der Waals surface area contributed by atoms with Gasteiger partial charge in [0, 0.05) is 46.1 Å². The maximum Gasteiger partial charge on any atom is 0.255 e. The van der Waals surface area contributed by atoms with E-state index in [9.17, 15) is 19.0 Å². The van der Waals surface area contributed by atoms with E-state index in [0.29, 0.717) is 43.5 Å². The maximum atomic E-state index is 14.3. The van der Waals surface area contributed by atoms with E-state index in [1.165, 1.54) is 12.4 Å². The molecule has 2 aliphatic rings. The molecule has 1 fully saturated rings. The number of nitrogens with zero attached hydrogens (tertiary/aromatic N) is 2. The molecular weight excluding hydrogens is 587 g/mol. The van der Waals surface area contributed by atoms with Crippen LogP contribution in [-0.4, -0.2) is 39.3 Å². The fourth-order valence-electron chi connectivity index (χ4n) is 5.86. The van der Waals surface area contributed by atoms with E-state index in [-0.39, 0.29) is 24.6 Å². The smallest absolute Gasteiger partial charge is 0.255 e. The van der Waals surface area contributed by atoms with Crippen LogP contribution in [0, 0.1) is 5.21 Å². The van der Waals surface area contributed by atoms with Gasteiger partial charge in [0.2, 0.25) is 0 Å². The zero-order valence-corrected chi connectivity index (χ0v) is 24.6. The molecule has 2 unspecified atom stereocenters. The topological polar surface area (TPSA) is 115 Å². The molecule has 1 aliphatic carbocycles. The highest BCUT2D eigenvalue weighted by Crippen LogP contribution is 2.47. The number of hydrogen-bond donors (Lipinski definition) is 2. The standard InChI is InChI=1S/C29H30Cl2N4O5S/c1-41(39)33-24-8-4-5-9-25(24)35-27(22-11-10-19(30)16-23(22)31)26(20-6-2-3-7-21(20)29(35)37)28(36)32-40-17-18-12-14-34(38)15-13-18/h2-3,6-7,10-16,24-27,33H,4-5,8-9,17H2,1H3,(H,32,36)/t24-,25?,26+,27-,41?/m0/s1. The normalized spacial score (nSPS) is 23.1. The third-order valence-electron chi connectivity index (χ3n) is 7.63. The Bertz CT molecular complexity index is 1460. The lowest BCUT2D eigenvalue weighted by Gasteiger charge is -2.49. The second kappa shape index (κ2) is 12.9. The Morgan fingerprint density at radius 2 is 1.83 bits per heavy atom. The molecule has 0 spiro atoms. The van der Waals surface area contributed by atoms with Crippen molar-refractivity contribution < 1.29 is 23.4 Å². The average molecular weight is 618 g/mol. The van der Waals surface area contributed by atoms with E-state index in [1.807, 2.05) is 0 Å². The summed E-state index contributed by atoms with van der Waals surface area (Å²) in [6, 6.07) is 13.9. The van der Waals surface area contributed by atoms with Crippen molar-refractivity contribution in [2.75, 3.05) is 6.26 Å². The molecule has 3 aromatic rings. The molecule has 5 atom stereocenters. The molecular formula is C29H30Cl2N4O5S. The molecule has 0 radical (unpaired) electrons. The molecule has 12 heteroatoms. The van der Waals surface area contributed by atoms with Crippen molar-refractivity contribution in [1.82, 2.24) is 15.1 Å². The van der Waals surface area contributed by atoms with E-state index in [4.69, 9.17) is 28.0 Å². The number of carbonyl (C=O) groups excluding carboxylic acids is 2. The van der Waals surface area contributed by atoms with Gasteiger partial charge in [-0.25, -0.2) is 14.4 Å². The van der Waals surface area contributed by atoms with Gasteiger partial charge in [0.1, 0.15) is 6.61 Å². The van der Waals surface area contributed by atoms with Gasteiger partial charge in [-0.15, -0.1) is 0 Å². The minimum Gasteiger partial charge on any atom is -0.619 e. The lowest BCUT2D eigenvalue weighted by atomic mass is 9.76. The number of fused-ring (bicyclic) bond motifs is 1. The minimum absolute atomic E-state index is 0.0346. The number of carbonyl (C=O) groups is 2. The maximum absolute atomic E-state index is 14.3. The van der Waals surface area contributed by atoms with Crippen LogP contribution in [0.4, 0.5) is 0 Å². The average Bonchev–Trinajstić information content (AvgIpc) is 2.94. The lowest BCUT2D eigenvalue weighted by molar-refractivity contribution is -0.605. The largest absolute Gasteiger partial charge is 0.619 e. The molecule has 9 nitrogen and oxygen atoms in total. The van der Waals surface area contributed by atoms with Crippen molar-refractivity contribution in [3.8, 4) is 0 Å². The van der Waals surface area contributed by atoms with Crippen LogP contribution in [0.3, 0.4) is 0 Å². The van der Waals surface area contributed by atoms with E-state index in [0.717, 1.165) is 19.3 Å². The summed E-state index contributed by atoms with van der Waals surface area (Å²) in [5, 5.41) is 12.1. The molecule has 0 bridgehead atoms. The zero-order valence-electron chi connectivity index (χ0n) is 22.3. The number of benzene rings is 2. The zero-order chi connectivity index (χ0) is 29.1. The molecule has 1 aliphatic heterocycles. The molecule has 216 valence electrons. The van der Waals surface area contributed by atoms with Crippen LogP contribution in [0.5, 0.6) is 0 Å². The van der Waals surface area contributed by atoms with Crippen LogP contribution in [0.1, 0.15) is 64.7 Å². The molecule has 1 saturated carbocycles. The number of aromatic nitrogens is 1.